The number of nitrogens with zero attached hydrogens (tertiary/aromatic N) is 1. The molecular formula is C11H21N3O4. The molecule has 0 aromatic heterocycles. The van der Waals surface area contributed by atoms with Crippen molar-refractivity contribution in [1.82, 2.24) is 15.8 Å². The fraction of sp³-hybridized carbons (Fsp3) is 0.818. The lowest BCUT2D eigenvalue weighted by Gasteiger charge is -2.27. The van der Waals surface area contributed by atoms with Crippen molar-refractivity contribution in [3.8, 4) is 0 Å². The standard InChI is InChI=1S/C11H21N3O4/c1-2-3-4-9(10(15)16)12-11(17)13-14-5-7-18-8-6-14/h9H,2-8H2,1H3,(H,15,16)(H2,12,13,17)/t9-/m0/s1. The van der Waals surface area contributed by atoms with Crippen LogP contribution in [0.1, 0.15) is 26.2 Å². The molecule has 1 saturated heterocycles. The lowest BCUT2D eigenvalue weighted by Crippen LogP contribution is -2.54. The van der Waals surface area contributed by atoms with Gasteiger partial charge in [-0.1, -0.05) is 19.8 Å². The maximum absolute atomic E-state index is 11.6. The van der Waals surface area contributed by atoms with Gasteiger partial charge in [0.25, 0.3) is 0 Å². The van der Waals surface area contributed by atoms with Crippen LogP contribution in [-0.4, -0.2) is 54.5 Å². The highest BCUT2D eigenvalue weighted by Crippen LogP contribution is 2.01. The Bertz CT molecular complexity index is 279. The topological polar surface area (TPSA) is 90.9 Å². The Labute approximate surface area is 106 Å². The summed E-state index contributed by atoms with van der Waals surface area (Å²) in [5.41, 5.74) is 2.62. The normalized spacial score (nSPS) is 18.1. The molecule has 1 atom stereocenters. The first-order valence-electron chi connectivity index (χ1n) is 6.26. The Balaban J connectivity index is 2.32. The minimum Gasteiger partial charge on any atom is -0.480 e. The molecule has 0 radical (unpaired) electrons. The Morgan fingerprint density at radius 2 is 2.06 bits per heavy atom. The first kappa shape index (κ1) is 14.7. The molecule has 1 rings (SSSR count). The number of hydrogen-bond acceptors (Lipinski definition) is 4. The van der Waals surface area contributed by atoms with Crippen molar-refractivity contribution in [3.05, 3.63) is 0 Å². The van der Waals surface area contributed by atoms with Crippen molar-refractivity contribution in [2.24, 2.45) is 0 Å². The second-order valence-electron chi connectivity index (χ2n) is 4.22. The highest BCUT2D eigenvalue weighted by atomic mass is 16.5. The van der Waals surface area contributed by atoms with Gasteiger partial charge in [0.2, 0.25) is 0 Å². The smallest absolute Gasteiger partial charge is 0.330 e. The molecular weight excluding hydrogens is 238 g/mol. The van der Waals surface area contributed by atoms with Crippen molar-refractivity contribution in [2.45, 2.75) is 32.2 Å². The van der Waals surface area contributed by atoms with E-state index in [0.29, 0.717) is 32.7 Å². The molecule has 0 bridgehead atoms. The number of amides is 2. The number of aliphatic carboxylic acids is 1. The summed E-state index contributed by atoms with van der Waals surface area (Å²) in [7, 11) is 0. The molecule has 3 N–H and O–H groups in total. The fourth-order valence-corrected chi connectivity index (χ4v) is 1.67. The Morgan fingerprint density at radius 1 is 1.39 bits per heavy atom. The average Bonchev–Trinajstić information content (AvgIpc) is 2.35. The Hall–Kier alpha value is -1.34. The molecule has 1 aliphatic heterocycles. The maximum Gasteiger partial charge on any atom is 0.330 e. The summed E-state index contributed by atoms with van der Waals surface area (Å²) in [6.07, 6.45) is 2.12. The number of nitrogens with one attached hydrogen (secondary N) is 2. The van der Waals surface area contributed by atoms with Crippen LogP contribution < -0.4 is 10.7 Å². The van der Waals surface area contributed by atoms with E-state index in [9.17, 15) is 9.59 Å². The van der Waals surface area contributed by atoms with Gasteiger partial charge in [0.1, 0.15) is 6.04 Å². The van der Waals surface area contributed by atoms with Crippen LogP contribution in [0.4, 0.5) is 4.79 Å². The second-order valence-corrected chi connectivity index (χ2v) is 4.22. The SMILES string of the molecule is CCCC[C@H](NC(=O)NN1CCOCC1)C(=O)O. The van der Waals surface area contributed by atoms with Gasteiger partial charge in [0.05, 0.1) is 13.2 Å². The van der Waals surface area contributed by atoms with Gasteiger partial charge in [-0.05, 0) is 6.42 Å². The Morgan fingerprint density at radius 3 is 2.61 bits per heavy atom. The van der Waals surface area contributed by atoms with Crippen LogP contribution in [0.25, 0.3) is 0 Å². The summed E-state index contributed by atoms with van der Waals surface area (Å²) in [4.78, 5) is 22.6. The average molecular weight is 259 g/mol. The number of carbonyl (C=O) groups excluding carboxylic acids is 1. The van der Waals surface area contributed by atoms with E-state index in [4.69, 9.17) is 9.84 Å². The fourth-order valence-electron chi connectivity index (χ4n) is 1.67. The van der Waals surface area contributed by atoms with E-state index in [1.807, 2.05) is 6.92 Å². The number of rotatable bonds is 6. The van der Waals surface area contributed by atoms with E-state index in [2.05, 4.69) is 10.7 Å². The molecule has 7 heteroatoms. The lowest BCUT2D eigenvalue weighted by atomic mass is 10.1. The van der Waals surface area contributed by atoms with Crippen LogP contribution in [-0.2, 0) is 9.53 Å². The number of hydrogen-bond donors (Lipinski definition) is 3. The summed E-state index contributed by atoms with van der Waals surface area (Å²) < 4.78 is 5.15. The number of carboxylic acid groups (broad SMARTS) is 1. The number of morpholine rings is 1. The summed E-state index contributed by atoms with van der Waals surface area (Å²) in [6.45, 7) is 4.34. The van der Waals surface area contributed by atoms with Crippen molar-refractivity contribution in [2.75, 3.05) is 26.3 Å². The van der Waals surface area contributed by atoms with Crippen molar-refractivity contribution >= 4 is 12.0 Å². The van der Waals surface area contributed by atoms with Gasteiger partial charge in [-0.15, -0.1) is 0 Å². The van der Waals surface area contributed by atoms with Gasteiger partial charge < -0.3 is 15.2 Å². The minimum absolute atomic E-state index is 0.447. The molecule has 0 aromatic carbocycles. The monoisotopic (exact) mass is 259 g/mol. The predicted molar refractivity (Wildman–Crippen MR) is 65.0 cm³/mol. The molecule has 104 valence electrons. The molecule has 0 aromatic rings. The summed E-state index contributed by atoms with van der Waals surface area (Å²) >= 11 is 0. The second kappa shape index (κ2) is 7.88. The van der Waals surface area contributed by atoms with Gasteiger partial charge in [-0.2, -0.15) is 0 Å². The molecule has 0 aliphatic carbocycles. The zero-order valence-electron chi connectivity index (χ0n) is 10.6. The number of carboxylic acids is 1. The quantitative estimate of drug-likeness (QED) is 0.633. The number of carbonyl (C=O) groups is 2. The van der Waals surface area contributed by atoms with Gasteiger partial charge in [-0.3, -0.25) is 5.43 Å². The van der Waals surface area contributed by atoms with Gasteiger partial charge in [-0.25, -0.2) is 14.6 Å². The molecule has 0 saturated carbocycles. The van der Waals surface area contributed by atoms with E-state index in [1.165, 1.54) is 0 Å². The van der Waals surface area contributed by atoms with E-state index in [-0.39, 0.29) is 0 Å². The largest absolute Gasteiger partial charge is 0.480 e. The van der Waals surface area contributed by atoms with Crippen LogP contribution in [0, 0.1) is 0 Å². The molecule has 7 nitrogen and oxygen atoms in total. The molecule has 0 spiro atoms. The first-order valence-corrected chi connectivity index (χ1v) is 6.26. The maximum atomic E-state index is 11.6. The highest BCUT2D eigenvalue weighted by molar-refractivity contribution is 5.82. The molecule has 1 aliphatic rings. The zero-order chi connectivity index (χ0) is 13.4. The van der Waals surface area contributed by atoms with Crippen LogP contribution in [0.3, 0.4) is 0 Å². The van der Waals surface area contributed by atoms with Crippen LogP contribution in [0.15, 0.2) is 0 Å². The number of ether oxygens (including phenoxy) is 1. The third kappa shape index (κ3) is 5.33. The number of hydrazine groups is 1. The third-order valence-electron chi connectivity index (χ3n) is 2.72. The van der Waals surface area contributed by atoms with Gasteiger partial charge >= 0.3 is 12.0 Å². The lowest BCUT2D eigenvalue weighted by molar-refractivity contribution is -0.139. The number of unbranched alkanes of at least 4 members (excludes halogenated alkanes) is 1. The summed E-state index contributed by atoms with van der Waals surface area (Å²) in [5, 5.41) is 13.2. The highest BCUT2D eigenvalue weighted by Gasteiger charge is 2.20. The van der Waals surface area contributed by atoms with E-state index in [1.54, 1.807) is 5.01 Å². The molecule has 1 heterocycles. The van der Waals surface area contributed by atoms with Gasteiger partial charge in [0.15, 0.2) is 0 Å². The van der Waals surface area contributed by atoms with Crippen molar-refractivity contribution in [3.63, 3.8) is 0 Å². The van der Waals surface area contributed by atoms with E-state index >= 15 is 0 Å². The van der Waals surface area contributed by atoms with Crippen molar-refractivity contribution in [1.29, 1.82) is 0 Å². The van der Waals surface area contributed by atoms with Gasteiger partial charge in [0, 0.05) is 13.1 Å². The van der Waals surface area contributed by atoms with Crippen molar-refractivity contribution < 1.29 is 19.4 Å². The molecule has 2 amide bonds. The summed E-state index contributed by atoms with van der Waals surface area (Å²) in [5.74, 6) is -0.999. The third-order valence-corrected chi connectivity index (χ3v) is 2.72. The molecule has 0 unspecified atom stereocenters. The molecule has 18 heavy (non-hydrogen) atoms. The van der Waals surface area contributed by atoms with E-state index in [0.717, 1.165) is 12.8 Å². The molecule has 1 fully saturated rings. The van der Waals surface area contributed by atoms with Crippen LogP contribution >= 0.6 is 0 Å². The number of urea groups is 1. The predicted octanol–water partition coefficient (Wildman–Crippen LogP) is 0.176. The summed E-state index contributed by atoms with van der Waals surface area (Å²) in [6, 6.07) is -1.30. The van der Waals surface area contributed by atoms with Crippen LogP contribution in [0.5, 0.6) is 0 Å². The van der Waals surface area contributed by atoms with E-state index < -0.39 is 18.0 Å². The Kier molecular flexibility index (Phi) is 6.45. The van der Waals surface area contributed by atoms with Crippen LogP contribution in [0.2, 0.25) is 0 Å². The first-order chi connectivity index (χ1) is 8.63. The zero-order valence-corrected chi connectivity index (χ0v) is 10.6. The minimum atomic E-state index is -0.999.